The van der Waals surface area contributed by atoms with Crippen molar-refractivity contribution in [1.29, 1.82) is 0 Å². The smallest absolute Gasteiger partial charge is 0.414 e. The highest BCUT2D eigenvalue weighted by molar-refractivity contribution is 5.82. The molecule has 0 unspecified atom stereocenters. The van der Waals surface area contributed by atoms with Gasteiger partial charge in [-0.25, -0.2) is 14.8 Å². The molecule has 2 N–H and O–H groups in total. The molecule has 1 aromatic rings. The van der Waals surface area contributed by atoms with E-state index < -0.39 is 11.7 Å². The van der Waals surface area contributed by atoms with Crippen molar-refractivity contribution in [2.24, 2.45) is 0 Å². The van der Waals surface area contributed by atoms with Gasteiger partial charge in [0.2, 0.25) is 5.95 Å². The van der Waals surface area contributed by atoms with Crippen LogP contribution < -0.4 is 15.4 Å². The van der Waals surface area contributed by atoms with Gasteiger partial charge in [0, 0.05) is 0 Å². The molecule has 2 rings (SSSR count). The number of amides is 1. The standard InChI is InChI=1S/C14H22N4O3/c1-14(2,3)21-13(19)18-12-16-8-11(9-17-12)20-10-4-6-15-7-5-10/h8-10,15H,4-7H2,1-3H3,(H,16,17,18,19). The molecule has 1 aromatic heterocycles. The maximum absolute atomic E-state index is 11.6. The van der Waals surface area contributed by atoms with Crippen molar-refractivity contribution in [3.05, 3.63) is 12.4 Å². The molecular weight excluding hydrogens is 272 g/mol. The van der Waals surface area contributed by atoms with Gasteiger partial charge < -0.3 is 14.8 Å². The highest BCUT2D eigenvalue weighted by Gasteiger charge is 2.17. The number of aromatic nitrogens is 2. The number of anilines is 1. The van der Waals surface area contributed by atoms with Crippen molar-refractivity contribution in [2.75, 3.05) is 18.4 Å². The lowest BCUT2D eigenvalue weighted by Gasteiger charge is -2.23. The van der Waals surface area contributed by atoms with E-state index in [4.69, 9.17) is 9.47 Å². The molecule has 116 valence electrons. The van der Waals surface area contributed by atoms with E-state index >= 15 is 0 Å². The summed E-state index contributed by atoms with van der Waals surface area (Å²) in [6.45, 7) is 7.31. The Kier molecular flexibility index (Phi) is 4.95. The number of carbonyl (C=O) groups excluding carboxylic acids is 1. The molecule has 0 spiro atoms. The number of hydrogen-bond donors (Lipinski definition) is 2. The Morgan fingerprint density at radius 1 is 1.29 bits per heavy atom. The van der Waals surface area contributed by atoms with E-state index in [9.17, 15) is 4.79 Å². The summed E-state index contributed by atoms with van der Waals surface area (Å²) in [5.41, 5.74) is -0.553. The predicted molar refractivity (Wildman–Crippen MR) is 78.4 cm³/mol. The number of nitrogens with one attached hydrogen (secondary N) is 2. The largest absolute Gasteiger partial charge is 0.487 e. The summed E-state index contributed by atoms with van der Waals surface area (Å²) >= 11 is 0. The van der Waals surface area contributed by atoms with Crippen LogP contribution in [0.3, 0.4) is 0 Å². The zero-order valence-electron chi connectivity index (χ0n) is 12.7. The lowest BCUT2D eigenvalue weighted by atomic mass is 10.1. The van der Waals surface area contributed by atoms with Gasteiger partial charge in [0.15, 0.2) is 5.75 Å². The molecule has 1 amide bonds. The quantitative estimate of drug-likeness (QED) is 0.886. The Balaban J connectivity index is 1.85. The minimum absolute atomic E-state index is 0.194. The van der Waals surface area contributed by atoms with E-state index in [0.29, 0.717) is 5.75 Å². The normalized spacial score (nSPS) is 16.3. The first kappa shape index (κ1) is 15.5. The Hall–Kier alpha value is -1.89. The van der Waals surface area contributed by atoms with Crippen molar-refractivity contribution in [3.63, 3.8) is 0 Å². The molecule has 0 bridgehead atoms. The number of hydrogen-bond acceptors (Lipinski definition) is 6. The van der Waals surface area contributed by atoms with Gasteiger partial charge >= 0.3 is 6.09 Å². The second-order valence-corrected chi connectivity index (χ2v) is 5.94. The molecule has 0 radical (unpaired) electrons. The molecule has 7 nitrogen and oxygen atoms in total. The number of carbonyl (C=O) groups is 1. The first-order valence-electron chi connectivity index (χ1n) is 7.12. The van der Waals surface area contributed by atoms with Gasteiger partial charge in [0.1, 0.15) is 11.7 Å². The Labute approximate surface area is 124 Å². The maximum Gasteiger partial charge on any atom is 0.414 e. The summed E-state index contributed by atoms with van der Waals surface area (Å²) in [6, 6.07) is 0. The summed E-state index contributed by atoms with van der Waals surface area (Å²) in [5, 5.41) is 5.76. The molecule has 21 heavy (non-hydrogen) atoms. The average Bonchev–Trinajstić information content (AvgIpc) is 2.40. The van der Waals surface area contributed by atoms with Crippen LogP contribution >= 0.6 is 0 Å². The van der Waals surface area contributed by atoms with Gasteiger partial charge in [-0.1, -0.05) is 0 Å². The zero-order valence-corrected chi connectivity index (χ0v) is 12.7. The van der Waals surface area contributed by atoms with Gasteiger partial charge in [-0.05, 0) is 46.7 Å². The van der Waals surface area contributed by atoms with Crippen LogP contribution in [0.5, 0.6) is 5.75 Å². The molecule has 7 heteroatoms. The van der Waals surface area contributed by atoms with Crippen LogP contribution in [0.4, 0.5) is 10.7 Å². The van der Waals surface area contributed by atoms with Crippen LogP contribution in [-0.2, 0) is 4.74 Å². The lowest BCUT2D eigenvalue weighted by molar-refractivity contribution is 0.0634. The summed E-state index contributed by atoms with van der Waals surface area (Å²) < 4.78 is 10.9. The molecule has 2 heterocycles. The monoisotopic (exact) mass is 294 g/mol. The first-order chi connectivity index (χ1) is 9.92. The van der Waals surface area contributed by atoms with Gasteiger partial charge in [-0.3, -0.25) is 5.32 Å². The topological polar surface area (TPSA) is 85.4 Å². The highest BCUT2D eigenvalue weighted by Crippen LogP contribution is 2.15. The molecule has 0 aliphatic carbocycles. The van der Waals surface area contributed by atoms with Crippen LogP contribution in [0.15, 0.2) is 12.4 Å². The second kappa shape index (κ2) is 6.71. The third-order valence-corrected chi connectivity index (χ3v) is 2.83. The fourth-order valence-electron chi connectivity index (χ4n) is 1.94. The third-order valence-electron chi connectivity index (χ3n) is 2.83. The average molecular weight is 294 g/mol. The fraction of sp³-hybridized carbons (Fsp3) is 0.643. The van der Waals surface area contributed by atoms with Crippen molar-refractivity contribution in [1.82, 2.24) is 15.3 Å². The lowest BCUT2D eigenvalue weighted by Crippen LogP contribution is -2.34. The van der Waals surface area contributed by atoms with Gasteiger partial charge in [0.05, 0.1) is 12.4 Å². The molecule has 0 atom stereocenters. The number of ether oxygens (including phenoxy) is 2. The summed E-state index contributed by atoms with van der Waals surface area (Å²) in [7, 11) is 0. The minimum Gasteiger partial charge on any atom is -0.487 e. The SMILES string of the molecule is CC(C)(C)OC(=O)Nc1ncc(OC2CCNCC2)cn1. The van der Waals surface area contributed by atoms with Gasteiger partial charge in [0.25, 0.3) is 0 Å². The Morgan fingerprint density at radius 2 is 1.90 bits per heavy atom. The van der Waals surface area contributed by atoms with Crippen LogP contribution in [0.1, 0.15) is 33.6 Å². The van der Waals surface area contributed by atoms with E-state index in [1.165, 1.54) is 0 Å². The molecule has 1 aliphatic rings. The summed E-state index contributed by atoms with van der Waals surface area (Å²) in [6.07, 6.45) is 4.67. The first-order valence-corrected chi connectivity index (χ1v) is 7.12. The predicted octanol–water partition coefficient (Wildman–Crippen LogP) is 1.95. The fourth-order valence-corrected chi connectivity index (χ4v) is 1.94. The third kappa shape index (κ3) is 5.55. The van der Waals surface area contributed by atoms with E-state index in [-0.39, 0.29) is 12.1 Å². The summed E-state index contributed by atoms with van der Waals surface area (Å²) in [5.74, 6) is 0.804. The second-order valence-electron chi connectivity index (χ2n) is 5.94. The van der Waals surface area contributed by atoms with Crippen molar-refractivity contribution in [3.8, 4) is 5.75 Å². The Morgan fingerprint density at radius 3 is 2.48 bits per heavy atom. The van der Waals surface area contributed by atoms with Crippen molar-refractivity contribution >= 4 is 12.0 Å². The van der Waals surface area contributed by atoms with E-state index in [2.05, 4.69) is 20.6 Å². The summed E-state index contributed by atoms with van der Waals surface area (Å²) in [4.78, 5) is 19.7. The number of rotatable bonds is 3. The molecular formula is C14H22N4O3. The molecule has 0 aromatic carbocycles. The molecule has 1 saturated heterocycles. The van der Waals surface area contributed by atoms with Crippen LogP contribution in [0, 0.1) is 0 Å². The van der Waals surface area contributed by atoms with E-state index in [1.807, 2.05) is 0 Å². The highest BCUT2D eigenvalue weighted by atomic mass is 16.6. The van der Waals surface area contributed by atoms with E-state index in [1.54, 1.807) is 33.2 Å². The zero-order chi connectivity index (χ0) is 15.3. The number of nitrogens with zero attached hydrogens (tertiary/aromatic N) is 2. The minimum atomic E-state index is -0.575. The molecule has 1 aliphatic heterocycles. The van der Waals surface area contributed by atoms with Crippen LogP contribution in [0.2, 0.25) is 0 Å². The number of piperidine rings is 1. The van der Waals surface area contributed by atoms with Crippen LogP contribution in [-0.4, -0.2) is 40.9 Å². The maximum atomic E-state index is 11.6. The van der Waals surface area contributed by atoms with Crippen molar-refractivity contribution in [2.45, 2.75) is 45.3 Å². The Bertz CT molecular complexity index is 464. The van der Waals surface area contributed by atoms with Gasteiger partial charge in [-0.15, -0.1) is 0 Å². The molecule has 0 saturated carbocycles. The molecule has 1 fully saturated rings. The van der Waals surface area contributed by atoms with Crippen LogP contribution in [0.25, 0.3) is 0 Å². The van der Waals surface area contributed by atoms with Crippen molar-refractivity contribution < 1.29 is 14.3 Å². The van der Waals surface area contributed by atoms with Gasteiger partial charge in [-0.2, -0.15) is 0 Å². The van der Waals surface area contributed by atoms with E-state index in [0.717, 1.165) is 25.9 Å².